The maximum Gasteiger partial charge on any atom is 0.142 e. The predicted octanol–water partition coefficient (Wildman–Crippen LogP) is 7.89. The largest absolute Gasteiger partial charge is 0.491 e. The number of aromatic nitrogens is 3. The molecule has 1 aromatic heterocycles. The number of ether oxygens (including phenoxy) is 1. The zero-order valence-electron chi connectivity index (χ0n) is 20.7. The molecule has 180 valence electrons. The molecule has 33 heavy (non-hydrogen) atoms. The van der Waals surface area contributed by atoms with Crippen molar-refractivity contribution in [2.45, 2.75) is 97.6 Å². The van der Waals surface area contributed by atoms with Gasteiger partial charge in [0.25, 0.3) is 0 Å². The Morgan fingerprint density at radius 3 is 2.21 bits per heavy atom. The molecule has 1 heterocycles. The third-order valence-electron chi connectivity index (χ3n) is 6.23. The van der Waals surface area contributed by atoms with Crippen LogP contribution in [0, 0.1) is 6.92 Å². The minimum atomic E-state index is 0.554. The van der Waals surface area contributed by atoms with Crippen LogP contribution < -0.4 is 10.1 Å². The van der Waals surface area contributed by atoms with E-state index in [2.05, 4.69) is 53.7 Å². The summed E-state index contributed by atoms with van der Waals surface area (Å²) in [5, 5.41) is 12.0. The van der Waals surface area contributed by atoms with Gasteiger partial charge in [0.2, 0.25) is 0 Å². The molecule has 0 bridgehead atoms. The van der Waals surface area contributed by atoms with Crippen LogP contribution in [0.3, 0.4) is 0 Å². The number of unbranched alkanes of at least 4 members (excludes halogenated alkanes) is 11. The highest BCUT2D eigenvalue weighted by Crippen LogP contribution is 2.24. The van der Waals surface area contributed by atoms with E-state index in [1.54, 1.807) is 0 Å². The lowest BCUT2D eigenvalue weighted by Crippen LogP contribution is -2.10. The van der Waals surface area contributed by atoms with Crippen LogP contribution in [0.4, 0.5) is 5.69 Å². The van der Waals surface area contributed by atoms with Gasteiger partial charge in [0.05, 0.1) is 17.8 Å². The van der Waals surface area contributed by atoms with Gasteiger partial charge in [-0.05, 0) is 43.2 Å². The number of benzene rings is 2. The summed E-state index contributed by atoms with van der Waals surface area (Å²) in [6.07, 6.45) is 16.3. The third-order valence-corrected chi connectivity index (χ3v) is 6.23. The van der Waals surface area contributed by atoms with Crippen molar-refractivity contribution in [1.29, 1.82) is 0 Å². The fourth-order valence-corrected chi connectivity index (χ4v) is 4.22. The first-order valence-corrected chi connectivity index (χ1v) is 13.0. The van der Waals surface area contributed by atoms with Crippen LogP contribution in [0.15, 0.2) is 42.5 Å². The fourth-order valence-electron chi connectivity index (χ4n) is 4.22. The first kappa shape index (κ1) is 25.1. The first-order valence-electron chi connectivity index (χ1n) is 13.0. The molecule has 0 atom stereocenters. The van der Waals surface area contributed by atoms with E-state index in [-0.39, 0.29) is 0 Å². The van der Waals surface area contributed by atoms with Gasteiger partial charge < -0.3 is 10.1 Å². The van der Waals surface area contributed by atoms with Crippen molar-refractivity contribution in [3.8, 4) is 5.75 Å². The molecule has 0 spiro atoms. The third kappa shape index (κ3) is 8.71. The Labute approximate surface area is 199 Å². The van der Waals surface area contributed by atoms with Gasteiger partial charge in [-0.2, -0.15) is 0 Å². The van der Waals surface area contributed by atoms with Crippen LogP contribution in [0.25, 0.3) is 11.0 Å². The van der Waals surface area contributed by atoms with Gasteiger partial charge >= 0.3 is 0 Å². The number of anilines is 1. The van der Waals surface area contributed by atoms with Crippen molar-refractivity contribution in [1.82, 2.24) is 15.0 Å². The lowest BCUT2D eigenvalue weighted by atomic mass is 10.1. The molecule has 0 radical (unpaired) electrons. The standard InChI is InChI=1S/C28H42N4O/c1-3-4-5-6-7-8-9-10-11-12-13-16-21-33-28-18-15-14-17-25(28)29-23-32-27-20-19-24(2)22-26(27)30-31-32/h14-15,17-20,22,29H,3-13,16,21,23H2,1-2H3. The fraction of sp³-hybridized carbons (Fsp3) is 0.571. The van der Waals surface area contributed by atoms with Crippen LogP contribution in [-0.4, -0.2) is 21.6 Å². The topological polar surface area (TPSA) is 52.0 Å². The van der Waals surface area contributed by atoms with E-state index >= 15 is 0 Å². The quantitative estimate of drug-likeness (QED) is 0.212. The molecule has 0 aliphatic heterocycles. The molecule has 0 aliphatic carbocycles. The van der Waals surface area contributed by atoms with Gasteiger partial charge in [-0.3, -0.25) is 0 Å². The van der Waals surface area contributed by atoms with Crippen LogP contribution in [0.1, 0.15) is 89.5 Å². The molecule has 1 N–H and O–H groups in total. The Morgan fingerprint density at radius 2 is 1.48 bits per heavy atom. The number of nitrogens with zero attached hydrogens (tertiary/aromatic N) is 3. The zero-order chi connectivity index (χ0) is 23.1. The Hall–Kier alpha value is -2.56. The average molecular weight is 451 g/mol. The Morgan fingerprint density at radius 1 is 0.818 bits per heavy atom. The van der Waals surface area contributed by atoms with Crippen molar-refractivity contribution >= 4 is 16.7 Å². The van der Waals surface area contributed by atoms with Crippen LogP contribution in [0.2, 0.25) is 0 Å². The van der Waals surface area contributed by atoms with Gasteiger partial charge in [0, 0.05) is 0 Å². The normalized spacial score (nSPS) is 11.2. The summed E-state index contributed by atoms with van der Waals surface area (Å²) < 4.78 is 7.98. The lowest BCUT2D eigenvalue weighted by molar-refractivity contribution is 0.305. The second kappa shape index (κ2) is 14.6. The highest BCUT2D eigenvalue weighted by molar-refractivity contribution is 5.75. The van der Waals surface area contributed by atoms with E-state index in [0.717, 1.165) is 35.5 Å². The second-order valence-corrected chi connectivity index (χ2v) is 9.15. The molecule has 5 heteroatoms. The summed E-state index contributed by atoms with van der Waals surface area (Å²) in [6, 6.07) is 14.4. The number of hydrogen-bond acceptors (Lipinski definition) is 4. The molecule has 3 aromatic rings. The van der Waals surface area contributed by atoms with Crippen molar-refractivity contribution in [3.05, 3.63) is 48.0 Å². The Balaban J connectivity index is 1.30. The van der Waals surface area contributed by atoms with Crippen molar-refractivity contribution in [2.75, 3.05) is 11.9 Å². The van der Waals surface area contributed by atoms with E-state index in [1.807, 2.05) is 22.9 Å². The average Bonchev–Trinajstić information content (AvgIpc) is 3.23. The summed E-state index contributed by atoms with van der Waals surface area (Å²) in [4.78, 5) is 0. The summed E-state index contributed by atoms with van der Waals surface area (Å²) >= 11 is 0. The number of fused-ring (bicyclic) bond motifs is 1. The van der Waals surface area contributed by atoms with Gasteiger partial charge in [-0.25, -0.2) is 4.68 Å². The van der Waals surface area contributed by atoms with E-state index in [4.69, 9.17) is 4.74 Å². The molecular formula is C28H42N4O. The minimum absolute atomic E-state index is 0.554. The highest BCUT2D eigenvalue weighted by Gasteiger charge is 2.07. The number of para-hydroxylation sites is 2. The lowest BCUT2D eigenvalue weighted by Gasteiger charge is -2.13. The maximum atomic E-state index is 6.09. The Kier molecular flexibility index (Phi) is 11.1. The number of nitrogens with one attached hydrogen (secondary N) is 1. The zero-order valence-corrected chi connectivity index (χ0v) is 20.7. The summed E-state index contributed by atoms with van der Waals surface area (Å²) in [6.45, 7) is 5.67. The van der Waals surface area contributed by atoms with Crippen LogP contribution >= 0.6 is 0 Å². The first-order chi connectivity index (χ1) is 16.3. The number of aryl methyl sites for hydroxylation is 1. The summed E-state index contributed by atoms with van der Waals surface area (Å²) in [5.41, 5.74) is 4.14. The van der Waals surface area contributed by atoms with Crippen molar-refractivity contribution < 1.29 is 4.74 Å². The molecule has 0 aliphatic rings. The molecule has 5 nitrogen and oxygen atoms in total. The smallest absolute Gasteiger partial charge is 0.142 e. The van der Waals surface area contributed by atoms with Crippen molar-refractivity contribution in [2.24, 2.45) is 0 Å². The number of rotatable bonds is 17. The van der Waals surface area contributed by atoms with Crippen LogP contribution in [0.5, 0.6) is 5.75 Å². The predicted molar refractivity (Wildman–Crippen MR) is 139 cm³/mol. The minimum Gasteiger partial charge on any atom is -0.491 e. The molecule has 0 saturated carbocycles. The number of hydrogen-bond donors (Lipinski definition) is 1. The van der Waals surface area contributed by atoms with Gasteiger partial charge in [-0.15, -0.1) is 5.10 Å². The summed E-state index contributed by atoms with van der Waals surface area (Å²) in [5.74, 6) is 0.904. The SMILES string of the molecule is CCCCCCCCCCCCCCOc1ccccc1NCn1nnc2cc(C)ccc21. The van der Waals surface area contributed by atoms with Crippen molar-refractivity contribution in [3.63, 3.8) is 0 Å². The van der Waals surface area contributed by atoms with E-state index in [1.165, 1.54) is 76.2 Å². The molecule has 0 amide bonds. The molecule has 2 aromatic carbocycles. The molecular weight excluding hydrogens is 408 g/mol. The van der Waals surface area contributed by atoms with Gasteiger partial charge in [0.1, 0.15) is 17.9 Å². The molecule has 3 rings (SSSR count). The van der Waals surface area contributed by atoms with E-state index in [0.29, 0.717) is 6.67 Å². The van der Waals surface area contributed by atoms with E-state index < -0.39 is 0 Å². The second-order valence-electron chi connectivity index (χ2n) is 9.15. The van der Waals surface area contributed by atoms with Gasteiger partial charge in [0.15, 0.2) is 0 Å². The van der Waals surface area contributed by atoms with Crippen LogP contribution in [-0.2, 0) is 6.67 Å². The molecule has 0 unspecified atom stereocenters. The highest BCUT2D eigenvalue weighted by atomic mass is 16.5. The van der Waals surface area contributed by atoms with Gasteiger partial charge in [-0.1, -0.05) is 101 Å². The molecule has 0 saturated heterocycles. The summed E-state index contributed by atoms with van der Waals surface area (Å²) in [7, 11) is 0. The maximum absolute atomic E-state index is 6.09. The monoisotopic (exact) mass is 450 g/mol. The Bertz CT molecular complexity index is 937. The van der Waals surface area contributed by atoms with E-state index in [9.17, 15) is 0 Å². The molecule has 0 fully saturated rings.